The van der Waals surface area contributed by atoms with Gasteiger partial charge in [-0.25, -0.2) is 4.98 Å². The molecular weight excluding hydrogens is 164 g/mol. The molecule has 1 heterocycles. The third-order valence-corrected chi connectivity index (χ3v) is 1.79. The molecule has 0 saturated heterocycles. The van der Waals surface area contributed by atoms with Gasteiger partial charge in [0.25, 0.3) is 0 Å². The molecule has 0 aliphatic heterocycles. The molecule has 0 saturated carbocycles. The molecule has 0 amide bonds. The molecule has 0 aromatic carbocycles. The third-order valence-electron chi connectivity index (χ3n) is 1.79. The van der Waals surface area contributed by atoms with Crippen molar-refractivity contribution < 1.29 is 4.74 Å². The lowest BCUT2D eigenvalue weighted by Gasteiger charge is -2.18. The molecule has 0 aliphatic carbocycles. The molecular formula is C10H16N2O. The molecule has 13 heavy (non-hydrogen) atoms. The smallest absolute Gasteiger partial charge is 0.216 e. The van der Waals surface area contributed by atoms with Gasteiger partial charge in [0.2, 0.25) is 5.88 Å². The second-order valence-corrected chi connectivity index (χ2v) is 4.09. The first-order chi connectivity index (χ1) is 5.93. The Labute approximate surface area is 79.2 Å². The zero-order chi connectivity index (χ0) is 10.1. The van der Waals surface area contributed by atoms with Crippen LogP contribution < -0.4 is 4.74 Å². The van der Waals surface area contributed by atoms with Crippen molar-refractivity contribution in [2.75, 3.05) is 7.11 Å². The Morgan fingerprint density at radius 2 is 1.85 bits per heavy atom. The molecule has 0 radical (unpaired) electrons. The van der Waals surface area contributed by atoms with Gasteiger partial charge >= 0.3 is 0 Å². The van der Waals surface area contributed by atoms with Gasteiger partial charge in [-0.05, 0) is 6.92 Å². The highest BCUT2D eigenvalue weighted by molar-refractivity contribution is 5.21. The SMILES string of the molecule is COc1cc(C(C)(C)C)nc(C)n1. The molecule has 3 nitrogen and oxygen atoms in total. The Morgan fingerprint density at radius 3 is 2.31 bits per heavy atom. The summed E-state index contributed by atoms with van der Waals surface area (Å²) in [7, 11) is 1.62. The van der Waals surface area contributed by atoms with E-state index in [4.69, 9.17) is 4.74 Å². The molecule has 1 aromatic heterocycles. The lowest BCUT2D eigenvalue weighted by Crippen LogP contribution is -2.15. The summed E-state index contributed by atoms with van der Waals surface area (Å²) >= 11 is 0. The molecule has 0 spiro atoms. The highest BCUT2D eigenvalue weighted by Gasteiger charge is 2.17. The van der Waals surface area contributed by atoms with Crippen LogP contribution in [0.2, 0.25) is 0 Å². The summed E-state index contributed by atoms with van der Waals surface area (Å²) in [5, 5.41) is 0. The van der Waals surface area contributed by atoms with E-state index in [2.05, 4.69) is 30.7 Å². The zero-order valence-corrected chi connectivity index (χ0v) is 8.88. The quantitative estimate of drug-likeness (QED) is 0.663. The average Bonchev–Trinajstić information content (AvgIpc) is 2.01. The second kappa shape index (κ2) is 3.32. The Balaban J connectivity index is 3.16. The zero-order valence-electron chi connectivity index (χ0n) is 8.88. The van der Waals surface area contributed by atoms with Crippen LogP contribution >= 0.6 is 0 Å². The molecule has 0 unspecified atom stereocenters. The molecule has 0 bridgehead atoms. The van der Waals surface area contributed by atoms with Crippen LogP contribution in [0.5, 0.6) is 5.88 Å². The minimum Gasteiger partial charge on any atom is -0.481 e. The van der Waals surface area contributed by atoms with Crippen molar-refractivity contribution >= 4 is 0 Å². The van der Waals surface area contributed by atoms with Crippen LogP contribution in [0.4, 0.5) is 0 Å². The van der Waals surface area contributed by atoms with Crippen LogP contribution in [0, 0.1) is 6.92 Å². The Kier molecular flexibility index (Phi) is 2.55. The average molecular weight is 180 g/mol. The predicted octanol–water partition coefficient (Wildman–Crippen LogP) is 2.09. The first-order valence-electron chi connectivity index (χ1n) is 4.33. The Morgan fingerprint density at radius 1 is 1.23 bits per heavy atom. The number of nitrogens with zero attached hydrogens (tertiary/aromatic N) is 2. The summed E-state index contributed by atoms with van der Waals surface area (Å²) in [5.74, 6) is 1.39. The number of hydrogen-bond acceptors (Lipinski definition) is 3. The highest BCUT2D eigenvalue weighted by atomic mass is 16.5. The number of ether oxygens (including phenoxy) is 1. The van der Waals surface area contributed by atoms with Crippen molar-refractivity contribution in [1.82, 2.24) is 9.97 Å². The first kappa shape index (κ1) is 9.96. The minimum absolute atomic E-state index is 0.0426. The summed E-state index contributed by atoms with van der Waals surface area (Å²) in [6.45, 7) is 8.23. The van der Waals surface area contributed by atoms with E-state index in [1.54, 1.807) is 7.11 Å². The number of aromatic nitrogens is 2. The van der Waals surface area contributed by atoms with Gasteiger partial charge in [0.05, 0.1) is 12.8 Å². The maximum atomic E-state index is 5.08. The molecule has 0 atom stereocenters. The van der Waals surface area contributed by atoms with Crippen LogP contribution in [0.25, 0.3) is 0 Å². The largest absolute Gasteiger partial charge is 0.481 e. The first-order valence-corrected chi connectivity index (χ1v) is 4.33. The predicted molar refractivity (Wildman–Crippen MR) is 52.0 cm³/mol. The van der Waals surface area contributed by atoms with Crippen molar-refractivity contribution in [2.45, 2.75) is 33.1 Å². The molecule has 0 fully saturated rings. The van der Waals surface area contributed by atoms with E-state index in [9.17, 15) is 0 Å². The van der Waals surface area contributed by atoms with Crippen molar-refractivity contribution in [1.29, 1.82) is 0 Å². The van der Waals surface area contributed by atoms with E-state index in [0.29, 0.717) is 5.88 Å². The monoisotopic (exact) mass is 180 g/mol. The van der Waals surface area contributed by atoms with Gasteiger partial charge in [0.15, 0.2) is 0 Å². The van der Waals surface area contributed by atoms with Gasteiger partial charge in [0.1, 0.15) is 5.82 Å². The van der Waals surface area contributed by atoms with Crippen LogP contribution in [0.1, 0.15) is 32.3 Å². The Hall–Kier alpha value is -1.12. The molecule has 0 N–H and O–H groups in total. The van der Waals surface area contributed by atoms with Crippen molar-refractivity contribution in [3.63, 3.8) is 0 Å². The van der Waals surface area contributed by atoms with Gasteiger partial charge in [0, 0.05) is 11.5 Å². The van der Waals surface area contributed by atoms with Crippen LogP contribution in [0.3, 0.4) is 0 Å². The van der Waals surface area contributed by atoms with E-state index in [0.717, 1.165) is 11.5 Å². The maximum Gasteiger partial charge on any atom is 0.216 e. The third kappa shape index (κ3) is 2.41. The summed E-state index contributed by atoms with van der Waals surface area (Å²) < 4.78 is 5.08. The van der Waals surface area contributed by atoms with Crippen molar-refractivity contribution in [3.05, 3.63) is 17.6 Å². The van der Waals surface area contributed by atoms with Crippen LogP contribution in [-0.4, -0.2) is 17.1 Å². The number of rotatable bonds is 1. The van der Waals surface area contributed by atoms with E-state index in [1.807, 2.05) is 13.0 Å². The lowest BCUT2D eigenvalue weighted by molar-refractivity contribution is 0.392. The van der Waals surface area contributed by atoms with Gasteiger partial charge in [-0.1, -0.05) is 20.8 Å². The van der Waals surface area contributed by atoms with Gasteiger partial charge < -0.3 is 4.74 Å². The number of aryl methyl sites for hydroxylation is 1. The van der Waals surface area contributed by atoms with E-state index >= 15 is 0 Å². The molecule has 3 heteroatoms. The van der Waals surface area contributed by atoms with Crippen LogP contribution in [0.15, 0.2) is 6.07 Å². The normalized spacial score (nSPS) is 11.5. The second-order valence-electron chi connectivity index (χ2n) is 4.09. The topological polar surface area (TPSA) is 35.0 Å². The number of methoxy groups -OCH3 is 1. The van der Waals surface area contributed by atoms with Gasteiger partial charge in [-0.2, -0.15) is 4.98 Å². The molecule has 1 aromatic rings. The summed E-state index contributed by atoms with van der Waals surface area (Å²) in [5.41, 5.74) is 1.05. The van der Waals surface area contributed by atoms with E-state index in [-0.39, 0.29) is 5.41 Å². The molecule has 1 rings (SSSR count). The van der Waals surface area contributed by atoms with Crippen LogP contribution in [-0.2, 0) is 5.41 Å². The number of hydrogen-bond donors (Lipinski definition) is 0. The minimum atomic E-state index is 0.0426. The summed E-state index contributed by atoms with van der Waals surface area (Å²) in [6.07, 6.45) is 0. The van der Waals surface area contributed by atoms with Gasteiger partial charge in [-0.15, -0.1) is 0 Å². The Bertz CT molecular complexity index is 302. The fourth-order valence-corrected chi connectivity index (χ4v) is 1.03. The van der Waals surface area contributed by atoms with Gasteiger partial charge in [-0.3, -0.25) is 0 Å². The van der Waals surface area contributed by atoms with E-state index < -0.39 is 0 Å². The maximum absolute atomic E-state index is 5.08. The standard InChI is InChI=1S/C10H16N2O/c1-7-11-8(10(2,3)4)6-9(12-7)13-5/h6H,1-5H3. The van der Waals surface area contributed by atoms with Crippen molar-refractivity contribution in [3.8, 4) is 5.88 Å². The fourth-order valence-electron chi connectivity index (χ4n) is 1.03. The fraction of sp³-hybridized carbons (Fsp3) is 0.600. The van der Waals surface area contributed by atoms with Crippen molar-refractivity contribution in [2.24, 2.45) is 0 Å². The highest BCUT2D eigenvalue weighted by Crippen LogP contribution is 2.22. The lowest BCUT2D eigenvalue weighted by atomic mass is 9.92. The van der Waals surface area contributed by atoms with E-state index in [1.165, 1.54) is 0 Å². The summed E-state index contributed by atoms with van der Waals surface area (Å²) in [6, 6.07) is 1.88. The molecule has 72 valence electrons. The summed E-state index contributed by atoms with van der Waals surface area (Å²) in [4.78, 5) is 8.49. The molecule has 0 aliphatic rings.